The Kier molecular flexibility index (Phi) is 13.2. The number of hydrogen-bond acceptors (Lipinski definition) is 18. The lowest BCUT2D eigenvalue weighted by molar-refractivity contribution is -0.387. The van der Waals surface area contributed by atoms with E-state index in [0.29, 0.717) is 0 Å². The number of methoxy groups -OCH3 is 2. The summed E-state index contributed by atoms with van der Waals surface area (Å²) in [7, 11) is 1.95. The van der Waals surface area contributed by atoms with Gasteiger partial charge in [-0.25, -0.2) is 14.4 Å². The first-order chi connectivity index (χ1) is 21.6. The highest BCUT2D eigenvalue weighted by Crippen LogP contribution is 2.35. The third kappa shape index (κ3) is 10.3. The molecule has 1 fully saturated rings. The van der Waals surface area contributed by atoms with Crippen LogP contribution >= 0.6 is 0 Å². The van der Waals surface area contributed by atoms with E-state index in [1.165, 1.54) is 6.07 Å². The van der Waals surface area contributed by atoms with Gasteiger partial charge in [-0.15, -0.1) is 0 Å². The van der Waals surface area contributed by atoms with Crippen LogP contribution in [0.1, 0.15) is 33.3 Å². The molecule has 0 spiro atoms. The van der Waals surface area contributed by atoms with E-state index in [1.54, 1.807) is 0 Å². The van der Waals surface area contributed by atoms with Crippen LogP contribution in [-0.2, 0) is 73.3 Å². The van der Waals surface area contributed by atoms with Crippen molar-refractivity contribution in [2.24, 2.45) is 0 Å². The predicted molar refractivity (Wildman–Crippen MR) is 142 cm³/mol. The maximum absolute atomic E-state index is 12.6. The van der Waals surface area contributed by atoms with E-state index in [1.807, 2.05) is 5.32 Å². The lowest BCUT2D eigenvalue weighted by atomic mass is 9.97. The van der Waals surface area contributed by atoms with Gasteiger partial charge in [0.2, 0.25) is 12.4 Å². The number of esters is 6. The van der Waals surface area contributed by atoms with Crippen molar-refractivity contribution in [1.82, 2.24) is 5.32 Å². The van der Waals surface area contributed by atoms with Gasteiger partial charge in [0, 0.05) is 33.8 Å². The average molecular weight is 659 g/mol. The number of carbonyl (C=O) groups is 7. The zero-order valence-electron chi connectivity index (χ0n) is 25.2. The van der Waals surface area contributed by atoms with Gasteiger partial charge < -0.3 is 42.6 Å². The van der Waals surface area contributed by atoms with Gasteiger partial charge in [-0.2, -0.15) is 0 Å². The second-order valence-electron chi connectivity index (χ2n) is 9.08. The summed E-state index contributed by atoms with van der Waals surface area (Å²) in [6, 6.07) is 3.19. The molecule has 0 radical (unpaired) electrons. The Bertz CT molecular complexity index is 1360. The first kappa shape index (κ1) is 36.7. The van der Waals surface area contributed by atoms with Gasteiger partial charge >= 0.3 is 47.6 Å². The zero-order chi connectivity index (χ0) is 34.7. The molecule has 0 bridgehead atoms. The summed E-state index contributed by atoms with van der Waals surface area (Å²) in [5.74, 6) is -6.52. The normalized spacial score (nSPS) is 20.9. The summed E-state index contributed by atoms with van der Waals surface area (Å²) >= 11 is 0. The molecular formula is C26H30N2O18. The lowest BCUT2D eigenvalue weighted by Crippen LogP contribution is -2.64. The topological polar surface area (TPSA) is 258 Å². The van der Waals surface area contributed by atoms with E-state index in [-0.39, 0.29) is 5.56 Å². The number of ether oxygens (including phenoxy) is 9. The number of nitro groups is 1. The fourth-order valence-corrected chi connectivity index (χ4v) is 3.90. The van der Waals surface area contributed by atoms with Crippen molar-refractivity contribution in [2.75, 3.05) is 14.2 Å². The molecule has 1 aliphatic rings. The fraction of sp³-hybridized carbons (Fsp3) is 0.500. The Morgan fingerprint density at radius 3 is 1.98 bits per heavy atom. The van der Waals surface area contributed by atoms with Crippen LogP contribution in [0.15, 0.2) is 18.2 Å². The molecule has 20 heteroatoms. The molecule has 0 saturated carbocycles. The number of nitrogens with one attached hydrogen (secondary N) is 1. The monoisotopic (exact) mass is 658 g/mol. The fourth-order valence-electron chi connectivity index (χ4n) is 3.90. The first-order valence-electron chi connectivity index (χ1n) is 12.9. The van der Waals surface area contributed by atoms with Crippen LogP contribution in [0, 0.1) is 10.1 Å². The molecule has 1 amide bonds. The minimum absolute atomic E-state index is 0.0255. The van der Waals surface area contributed by atoms with Crippen LogP contribution in [0.2, 0.25) is 0 Å². The predicted octanol–water partition coefficient (Wildman–Crippen LogP) is -0.0450. The van der Waals surface area contributed by atoms with Crippen LogP contribution in [0.4, 0.5) is 10.5 Å². The van der Waals surface area contributed by atoms with Crippen LogP contribution < -0.4 is 10.1 Å². The van der Waals surface area contributed by atoms with Gasteiger partial charge in [-0.05, 0) is 11.6 Å². The zero-order valence-corrected chi connectivity index (χ0v) is 25.2. The molecule has 0 aliphatic carbocycles. The van der Waals surface area contributed by atoms with Gasteiger partial charge in [-0.1, -0.05) is 6.07 Å². The summed E-state index contributed by atoms with van der Waals surface area (Å²) in [6.45, 7) is 3.31. The smallest absolute Gasteiger partial charge is 0.410 e. The molecule has 1 aliphatic heterocycles. The van der Waals surface area contributed by atoms with E-state index in [0.717, 1.165) is 54.0 Å². The molecule has 46 heavy (non-hydrogen) atoms. The molecule has 2 rings (SSSR count). The lowest BCUT2D eigenvalue weighted by Gasteiger charge is -2.42. The van der Waals surface area contributed by atoms with Crippen LogP contribution in [0.5, 0.6) is 5.75 Å². The molecule has 1 saturated heterocycles. The van der Waals surface area contributed by atoms with Gasteiger partial charge in [0.15, 0.2) is 24.1 Å². The Morgan fingerprint density at radius 2 is 1.46 bits per heavy atom. The first-order valence-corrected chi connectivity index (χ1v) is 12.9. The van der Waals surface area contributed by atoms with Crippen molar-refractivity contribution in [3.8, 4) is 5.75 Å². The molecule has 1 unspecified atom stereocenters. The number of carbonyl (C=O) groups excluding carboxylic acids is 7. The maximum atomic E-state index is 12.6. The SMILES string of the molecule is COC(=O)C(NC(=O)OCc1ccc(O[C@@H]2O[C@H](C(=O)OC)[C@@H](OC(C)=O)[C@H](OC(C)=O)[C@H]2OC(C)=O)c([N+](=O)[O-])c1)OC(C)=O. The highest BCUT2D eigenvalue weighted by Gasteiger charge is 2.56. The van der Waals surface area contributed by atoms with E-state index >= 15 is 0 Å². The summed E-state index contributed by atoms with van der Waals surface area (Å²) < 4.78 is 45.5. The van der Waals surface area contributed by atoms with E-state index in [4.69, 9.17) is 33.2 Å². The van der Waals surface area contributed by atoms with E-state index in [2.05, 4.69) is 9.47 Å². The maximum Gasteiger partial charge on any atom is 0.410 e. The van der Waals surface area contributed by atoms with Crippen molar-refractivity contribution in [3.63, 3.8) is 0 Å². The Labute approximate surface area is 259 Å². The molecule has 1 N–H and O–H groups in total. The van der Waals surface area contributed by atoms with Crippen LogP contribution in [0.3, 0.4) is 0 Å². The molecule has 1 aromatic rings. The van der Waals surface area contributed by atoms with Crippen LogP contribution in [-0.4, -0.2) is 98.0 Å². The summed E-state index contributed by atoms with van der Waals surface area (Å²) in [5, 5.41) is 13.9. The van der Waals surface area contributed by atoms with Gasteiger partial charge in [0.1, 0.15) is 6.61 Å². The third-order valence-electron chi connectivity index (χ3n) is 5.62. The van der Waals surface area contributed by atoms with Crippen molar-refractivity contribution in [3.05, 3.63) is 33.9 Å². The highest BCUT2D eigenvalue weighted by atomic mass is 16.7. The number of alkyl carbamates (subject to hydrolysis) is 1. The third-order valence-corrected chi connectivity index (χ3v) is 5.62. The van der Waals surface area contributed by atoms with Crippen LogP contribution in [0.25, 0.3) is 0 Å². The van der Waals surface area contributed by atoms with E-state index in [9.17, 15) is 43.7 Å². The molecule has 252 valence electrons. The molecule has 0 aromatic heterocycles. The Morgan fingerprint density at radius 1 is 0.870 bits per heavy atom. The number of benzene rings is 1. The van der Waals surface area contributed by atoms with Crippen molar-refractivity contribution < 1.29 is 81.1 Å². The Balaban J connectivity index is 2.40. The van der Waals surface area contributed by atoms with Gasteiger partial charge in [-0.3, -0.25) is 34.6 Å². The van der Waals surface area contributed by atoms with Gasteiger partial charge in [0.25, 0.3) is 6.23 Å². The van der Waals surface area contributed by atoms with E-state index < -0.39 is 102 Å². The van der Waals surface area contributed by atoms with Crippen molar-refractivity contribution in [2.45, 2.75) is 71.2 Å². The number of hydrogen-bond donors (Lipinski definition) is 1. The number of rotatable bonds is 12. The second-order valence-corrected chi connectivity index (χ2v) is 9.08. The van der Waals surface area contributed by atoms with Crippen molar-refractivity contribution in [1.29, 1.82) is 0 Å². The molecule has 1 heterocycles. The summed E-state index contributed by atoms with van der Waals surface area (Å²) in [4.78, 5) is 94.5. The highest BCUT2D eigenvalue weighted by molar-refractivity contribution is 5.82. The minimum Gasteiger partial charge on any atom is -0.467 e. The quantitative estimate of drug-likeness (QED) is 0.101. The second kappa shape index (κ2) is 16.5. The molecule has 1 aromatic carbocycles. The Hall–Kier alpha value is -5.53. The number of nitro benzene ring substituents is 1. The largest absolute Gasteiger partial charge is 0.467 e. The number of nitrogens with zero attached hydrogens (tertiary/aromatic N) is 1. The van der Waals surface area contributed by atoms with Crippen molar-refractivity contribution >= 4 is 47.6 Å². The summed E-state index contributed by atoms with van der Waals surface area (Å²) in [5.41, 5.74) is -0.711. The minimum atomic E-state index is -1.88. The average Bonchev–Trinajstić information content (AvgIpc) is 2.97. The number of amides is 1. The molecule has 20 nitrogen and oxygen atoms in total. The molecular weight excluding hydrogens is 628 g/mol. The standard InChI is InChI=1S/C26H30N2O18/c1-11(29)41-18-19(42-12(2)30)21(43-13(3)31)25(46-20(18)23(33)38-5)45-17-8-7-15(9-16(17)28(36)37)10-40-26(35)27-22(24(34)39-6)44-14(4)32/h7-9,18-22,25H,10H2,1-6H3,(H,27,35)/t18-,19-,20-,21+,22?,25+/m0/s1. The summed E-state index contributed by atoms with van der Waals surface area (Å²) in [6.07, 6.45) is -11.9. The molecule has 6 atom stereocenters. The van der Waals surface area contributed by atoms with Gasteiger partial charge in [0.05, 0.1) is 19.1 Å².